The average molecular weight is 279 g/mol. The molecule has 0 radical (unpaired) electrons. The second-order valence-electron chi connectivity index (χ2n) is 4.34. The molecular formula is C15H16ClFN2. The molecule has 0 saturated heterocycles. The first-order valence-corrected chi connectivity index (χ1v) is 6.44. The first-order chi connectivity index (χ1) is 9.15. The highest BCUT2D eigenvalue weighted by atomic mass is 35.5. The van der Waals surface area contributed by atoms with Crippen molar-refractivity contribution >= 4 is 17.3 Å². The van der Waals surface area contributed by atoms with Crippen LogP contribution >= 0.6 is 11.6 Å². The van der Waals surface area contributed by atoms with E-state index in [4.69, 9.17) is 17.3 Å². The molecule has 2 nitrogen and oxygen atoms in total. The van der Waals surface area contributed by atoms with E-state index in [2.05, 4.69) is 0 Å². The minimum Gasteiger partial charge on any atom is -0.366 e. The molecule has 0 aromatic heterocycles. The number of hydrogen-bond acceptors (Lipinski definition) is 2. The van der Waals surface area contributed by atoms with Gasteiger partial charge in [0.1, 0.15) is 5.82 Å². The first kappa shape index (κ1) is 13.8. The smallest absolute Gasteiger partial charge is 0.147 e. The van der Waals surface area contributed by atoms with Gasteiger partial charge in [-0.25, -0.2) is 4.39 Å². The zero-order chi connectivity index (χ0) is 13.8. The van der Waals surface area contributed by atoms with Crippen LogP contribution in [0.4, 0.5) is 10.1 Å². The fraction of sp³-hybridized carbons (Fsp3) is 0.200. The highest BCUT2D eigenvalue weighted by molar-refractivity contribution is 6.30. The van der Waals surface area contributed by atoms with Crippen molar-refractivity contribution in [2.24, 2.45) is 5.73 Å². The Morgan fingerprint density at radius 2 is 1.84 bits per heavy atom. The van der Waals surface area contributed by atoms with Crippen LogP contribution < -0.4 is 10.6 Å². The Morgan fingerprint density at radius 3 is 2.47 bits per heavy atom. The van der Waals surface area contributed by atoms with Gasteiger partial charge in [0.25, 0.3) is 0 Å². The fourth-order valence-corrected chi connectivity index (χ4v) is 2.30. The van der Waals surface area contributed by atoms with E-state index in [9.17, 15) is 4.39 Å². The predicted molar refractivity (Wildman–Crippen MR) is 78.1 cm³/mol. The maximum atomic E-state index is 14.1. The molecule has 19 heavy (non-hydrogen) atoms. The highest BCUT2D eigenvalue weighted by Crippen LogP contribution is 2.29. The van der Waals surface area contributed by atoms with Crippen molar-refractivity contribution in [1.82, 2.24) is 0 Å². The molecule has 2 aromatic rings. The molecule has 0 amide bonds. The van der Waals surface area contributed by atoms with E-state index in [1.165, 1.54) is 6.07 Å². The van der Waals surface area contributed by atoms with Crippen LogP contribution in [-0.4, -0.2) is 13.6 Å². The largest absolute Gasteiger partial charge is 0.366 e. The third kappa shape index (κ3) is 2.88. The summed E-state index contributed by atoms with van der Waals surface area (Å²) in [5, 5.41) is 0.123. The van der Waals surface area contributed by atoms with Crippen LogP contribution in [0.2, 0.25) is 5.02 Å². The summed E-state index contributed by atoms with van der Waals surface area (Å²) in [6, 6.07) is 14.5. The number of rotatable bonds is 4. The number of anilines is 1. The van der Waals surface area contributed by atoms with E-state index >= 15 is 0 Å². The van der Waals surface area contributed by atoms with Crippen LogP contribution in [0.15, 0.2) is 48.5 Å². The molecule has 0 saturated carbocycles. The zero-order valence-corrected chi connectivity index (χ0v) is 11.4. The van der Waals surface area contributed by atoms with Crippen LogP contribution in [0.1, 0.15) is 11.6 Å². The lowest BCUT2D eigenvalue weighted by Gasteiger charge is -2.29. The number of halogens is 2. The van der Waals surface area contributed by atoms with Gasteiger partial charge in [0.2, 0.25) is 0 Å². The average Bonchev–Trinajstić information content (AvgIpc) is 2.45. The van der Waals surface area contributed by atoms with Crippen molar-refractivity contribution in [3.8, 4) is 0 Å². The number of para-hydroxylation sites is 1. The molecule has 0 spiro atoms. The number of hydrogen-bond donors (Lipinski definition) is 1. The molecule has 2 aromatic carbocycles. The third-order valence-electron chi connectivity index (χ3n) is 3.19. The topological polar surface area (TPSA) is 29.3 Å². The lowest BCUT2D eigenvalue weighted by Crippen LogP contribution is -2.31. The van der Waals surface area contributed by atoms with Crippen molar-refractivity contribution in [3.63, 3.8) is 0 Å². The summed E-state index contributed by atoms with van der Waals surface area (Å²) < 4.78 is 14.1. The maximum Gasteiger partial charge on any atom is 0.147 e. The summed E-state index contributed by atoms with van der Waals surface area (Å²) in [5.74, 6) is -0.401. The monoisotopic (exact) mass is 278 g/mol. The predicted octanol–water partition coefficient (Wildman–Crippen LogP) is 3.62. The second-order valence-corrected chi connectivity index (χ2v) is 4.75. The van der Waals surface area contributed by atoms with Crippen LogP contribution in [0.3, 0.4) is 0 Å². The van der Waals surface area contributed by atoms with Crippen molar-refractivity contribution in [2.45, 2.75) is 6.04 Å². The summed E-state index contributed by atoms with van der Waals surface area (Å²) in [6.45, 7) is 0.308. The molecule has 0 aliphatic carbocycles. The van der Waals surface area contributed by atoms with Crippen molar-refractivity contribution in [3.05, 3.63) is 64.9 Å². The Kier molecular flexibility index (Phi) is 4.40. The van der Waals surface area contributed by atoms with Gasteiger partial charge in [-0.05, 0) is 18.2 Å². The lowest BCUT2D eigenvalue weighted by atomic mass is 10.0. The summed E-state index contributed by atoms with van der Waals surface area (Å²) in [4.78, 5) is 1.95. The molecule has 0 fully saturated rings. The standard InChI is InChI=1S/C15H16ClFN2/c1-19(11-6-3-2-4-7-11)14(10-18)12-8-5-9-13(16)15(12)17/h2-9,14H,10,18H2,1H3. The van der Waals surface area contributed by atoms with Crippen LogP contribution in [0, 0.1) is 5.82 Å². The van der Waals surface area contributed by atoms with Crippen molar-refractivity contribution in [1.29, 1.82) is 0 Å². The van der Waals surface area contributed by atoms with Gasteiger partial charge in [-0.1, -0.05) is 41.9 Å². The van der Waals surface area contributed by atoms with Crippen LogP contribution in [0.5, 0.6) is 0 Å². The Hall–Kier alpha value is -1.58. The molecule has 0 heterocycles. The molecular weight excluding hydrogens is 263 g/mol. The normalized spacial score (nSPS) is 12.2. The van der Waals surface area contributed by atoms with Gasteiger partial charge in [0.15, 0.2) is 0 Å². The first-order valence-electron chi connectivity index (χ1n) is 6.07. The van der Waals surface area contributed by atoms with Gasteiger partial charge < -0.3 is 10.6 Å². The van der Waals surface area contributed by atoms with E-state index in [1.807, 2.05) is 42.3 Å². The van der Waals surface area contributed by atoms with E-state index in [1.54, 1.807) is 12.1 Å². The summed E-state index contributed by atoms with van der Waals surface area (Å²) in [7, 11) is 1.90. The Labute approximate surface area is 117 Å². The van der Waals surface area contributed by atoms with E-state index in [0.29, 0.717) is 12.1 Å². The maximum absolute atomic E-state index is 14.1. The van der Waals surface area contributed by atoms with Gasteiger partial charge >= 0.3 is 0 Å². The fourth-order valence-electron chi connectivity index (χ4n) is 2.11. The van der Waals surface area contributed by atoms with Crippen molar-refractivity contribution in [2.75, 3.05) is 18.5 Å². The Morgan fingerprint density at radius 1 is 1.16 bits per heavy atom. The summed E-state index contributed by atoms with van der Waals surface area (Å²) in [6.07, 6.45) is 0. The third-order valence-corrected chi connectivity index (χ3v) is 3.49. The van der Waals surface area contributed by atoms with Gasteiger partial charge in [-0.2, -0.15) is 0 Å². The molecule has 2 N–H and O–H groups in total. The summed E-state index contributed by atoms with van der Waals surface area (Å²) >= 11 is 5.83. The quantitative estimate of drug-likeness (QED) is 0.926. The molecule has 0 aliphatic rings. The highest BCUT2D eigenvalue weighted by Gasteiger charge is 2.20. The zero-order valence-electron chi connectivity index (χ0n) is 10.7. The molecule has 4 heteroatoms. The molecule has 1 atom stereocenters. The molecule has 0 aliphatic heterocycles. The second kappa shape index (κ2) is 6.04. The van der Waals surface area contributed by atoms with Gasteiger partial charge in [0, 0.05) is 24.8 Å². The van der Waals surface area contributed by atoms with Crippen LogP contribution in [0.25, 0.3) is 0 Å². The minimum atomic E-state index is -0.401. The molecule has 2 rings (SSSR count). The van der Waals surface area contributed by atoms with Crippen molar-refractivity contribution < 1.29 is 4.39 Å². The Bertz CT molecular complexity index is 545. The van der Waals surface area contributed by atoms with Crippen LogP contribution in [-0.2, 0) is 0 Å². The number of nitrogens with zero attached hydrogens (tertiary/aromatic N) is 1. The number of likely N-dealkylation sites (N-methyl/N-ethyl adjacent to an activating group) is 1. The summed E-state index contributed by atoms with van der Waals surface area (Å²) in [5.41, 5.74) is 7.31. The van der Waals surface area contributed by atoms with E-state index < -0.39 is 5.82 Å². The SMILES string of the molecule is CN(c1ccccc1)C(CN)c1cccc(Cl)c1F. The van der Waals surface area contributed by atoms with E-state index in [-0.39, 0.29) is 11.1 Å². The van der Waals surface area contributed by atoms with Gasteiger partial charge in [-0.15, -0.1) is 0 Å². The Balaban J connectivity index is 2.37. The molecule has 1 unspecified atom stereocenters. The van der Waals surface area contributed by atoms with E-state index in [0.717, 1.165) is 5.69 Å². The van der Waals surface area contributed by atoms with Gasteiger partial charge in [-0.3, -0.25) is 0 Å². The number of nitrogens with two attached hydrogens (primary N) is 1. The molecule has 0 bridgehead atoms. The molecule has 100 valence electrons. The number of benzene rings is 2. The minimum absolute atomic E-state index is 0.123. The van der Waals surface area contributed by atoms with Gasteiger partial charge in [0.05, 0.1) is 11.1 Å². The lowest BCUT2D eigenvalue weighted by molar-refractivity contribution is 0.573.